The Bertz CT molecular complexity index is 1300. The van der Waals surface area contributed by atoms with E-state index in [0.717, 1.165) is 24.2 Å². The van der Waals surface area contributed by atoms with E-state index in [1.54, 1.807) is 12.1 Å². The zero-order chi connectivity index (χ0) is 27.3. The first-order valence-corrected chi connectivity index (χ1v) is 14.6. The van der Waals surface area contributed by atoms with E-state index >= 15 is 0 Å². The van der Waals surface area contributed by atoms with Gasteiger partial charge in [0.1, 0.15) is 11.3 Å². The molecule has 1 aliphatic heterocycles. The Kier molecular flexibility index (Phi) is 8.40. The number of rotatable bonds is 12. The number of carbonyl (C=O) groups excluding carboxylic acids is 2. The number of sulfonamides is 1. The Morgan fingerprint density at radius 3 is 2.47 bits per heavy atom. The monoisotopic (exact) mass is 541 g/mol. The summed E-state index contributed by atoms with van der Waals surface area (Å²) < 4.78 is 38.0. The van der Waals surface area contributed by atoms with Crippen molar-refractivity contribution in [2.75, 3.05) is 13.7 Å². The second-order valence-corrected chi connectivity index (χ2v) is 12.0. The molecule has 1 atom stereocenters. The second-order valence-electron chi connectivity index (χ2n) is 10.0. The van der Waals surface area contributed by atoms with E-state index in [-0.39, 0.29) is 12.0 Å². The van der Waals surface area contributed by atoms with Crippen molar-refractivity contribution < 1.29 is 27.5 Å². The first kappa shape index (κ1) is 27.6. The Balaban J connectivity index is 1.62. The summed E-state index contributed by atoms with van der Waals surface area (Å²) >= 11 is 0. The van der Waals surface area contributed by atoms with Gasteiger partial charge in [-0.2, -0.15) is 0 Å². The highest BCUT2D eigenvalue weighted by Gasteiger charge is 2.43. The minimum Gasteiger partial charge on any atom is -0.494 e. The van der Waals surface area contributed by atoms with Gasteiger partial charge >= 0.3 is 0 Å². The van der Waals surface area contributed by atoms with Crippen LogP contribution in [-0.2, 0) is 25.2 Å². The number of nitrogens with one attached hydrogen (secondary N) is 2. The minimum atomic E-state index is -3.84. The summed E-state index contributed by atoms with van der Waals surface area (Å²) in [6.07, 6.45) is 7.25. The number of carbonyl (C=O) groups is 2. The van der Waals surface area contributed by atoms with Crippen LogP contribution in [0.2, 0.25) is 0 Å². The molecule has 2 amide bonds. The maximum Gasteiger partial charge on any atom is 0.270 e. The zero-order valence-electron chi connectivity index (χ0n) is 22.1. The van der Waals surface area contributed by atoms with Crippen molar-refractivity contribution in [3.63, 3.8) is 0 Å². The predicted octanol–water partition coefficient (Wildman–Crippen LogP) is 3.85. The molecule has 2 heterocycles. The number of unbranched alkanes of at least 4 members (excludes halogenated alkanes) is 3. The normalized spacial score (nSPS) is 19.6. The largest absolute Gasteiger partial charge is 0.494 e. The van der Waals surface area contributed by atoms with Crippen LogP contribution in [-0.4, -0.2) is 44.2 Å². The summed E-state index contributed by atoms with van der Waals surface area (Å²) in [5.74, 6) is -0.458. The highest BCUT2D eigenvalue weighted by Crippen LogP contribution is 2.39. The van der Waals surface area contributed by atoms with Crippen LogP contribution < -0.4 is 19.5 Å². The Morgan fingerprint density at radius 1 is 1.13 bits per heavy atom. The molecule has 0 bridgehead atoms. The molecule has 2 aliphatic rings. The lowest BCUT2D eigenvalue weighted by Gasteiger charge is -2.37. The highest BCUT2D eigenvalue weighted by molar-refractivity contribution is 7.91. The van der Waals surface area contributed by atoms with E-state index < -0.39 is 32.6 Å². The Morgan fingerprint density at radius 2 is 1.87 bits per heavy atom. The third-order valence-corrected chi connectivity index (χ3v) is 8.74. The molecule has 10 heteroatoms. The summed E-state index contributed by atoms with van der Waals surface area (Å²) in [5.41, 5.74) is 0.684. The molecule has 9 nitrogen and oxygen atoms in total. The molecular formula is C28H35N3O6S. The molecule has 0 radical (unpaired) electrons. The smallest absolute Gasteiger partial charge is 0.270 e. The molecule has 1 fully saturated rings. The first-order valence-electron chi connectivity index (χ1n) is 13.0. The number of aromatic nitrogens is 1. The molecule has 2 N–H and O–H groups in total. The van der Waals surface area contributed by atoms with Crippen molar-refractivity contribution in [1.29, 1.82) is 0 Å². The molecule has 1 aliphatic carbocycles. The van der Waals surface area contributed by atoms with E-state index in [4.69, 9.17) is 9.47 Å². The predicted molar refractivity (Wildman–Crippen MR) is 144 cm³/mol. The third-order valence-electron chi connectivity index (χ3n) is 6.93. The van der Waals surface area contributed by atoms with Gasteiger partial charge in [-0.05, 0) is 61.1 Å². The van der Waals surface area contributed by atoms with Crippen LogP contribution in [0.15, 0.2) is 48.2 Å². The summed E-state index contributed by atoms with van der Waals surface area (Å²) in [7, 11) is -2.34. The van der Waals surface area contributed by atoms with E-state index in [1.807, 2.05) is 31.2 Å². The fraction of sp³-hybridized carbons (Fsp3) is 0.464. The summed E-state index contributed by atoms with van der Waals surface area (Å²) in [4.78, 5) is 30.8. The average Bonchev–Trinajstić information content (AvgIpc) is 3.75. The van der Waals surface area contributed by atoms with E-state index in [1.165, 1.54) is 26.1 Å². The molecule has 2 aromatic rings. The molecule has 1 unspecified atom stereocenters. The number of methoxy groups -OCH3 is 1. The SMILES string of the molecule is CCCCCCOc1ccc(C2(C)CC(c3ccc(OC)nc3)=C(C(=O)NS(=O)(=O)C3CC3)C(=O)N2)cc1. The van der Waals surface area contributed by atoms with Gasteiger partial charge in [0, 0.05) is 18.7 Å². The van der Waals surface area contributed by atoms with Crippen molar-refractivity contribution in [1.82, 2.24) is 15.0 Å². The van der Waals surface area contributed by atoms with Gasteiger partial charge in [-0.3, -0.25) is 9.59 Å². The van der Waals surface area contributed by atoms with Crippen molar-refractivity contribution >= 4 is 27.4 Å². The van der Waals surface area contributed by atoms with Crippen molar-refractivity contribution in [2.24, 2.45) is 0 Å². The fourth-order valence-electron chi connectivity index (χ4n) is 4.56. The number of amides is 2. The lowest BCUT2D eigenvalue weighted by molar-refractivity contribution is -0.124. The molecule has 1 saturated carbocycles. The third kappa shape index (κ3) is 6.35. The van der Waals surface area contributed by atoms with Gasteiger partial charge in [-0.25, -0.2) is 18.1 Å². The van der Waals surface area contributed by atoms with Crippen LogP contribution in [0, 0.1) is 0 Å². The van der Waals surface area contributed by atoms with Gasteiger partial charge in [0.2, 0.25) is 15.9 Å². The lowest BCUT2D eigenvalue weighted by atomic mass is 9.78. The maximum absolute atomic E-state index is 13.4. The number of hydrogen-bond donors (Lipinski definition) is 2. The van der Waals surface area contributed by atoms with E-state index in [2.05, 4.69) is 21.9 Å². The van der Waals surface area contributed by atoms with Crippen LogP contribution in [0.5, 0.6) is 11.6 Å². The zero-order valence-corrected chi connectivity index (χ0v) is 22.9. The molecular weight excluding hydrogens is 506 g/mol. The van der Waals surface area contributed by atoms with E-state index in [9.17, 15) is 18.0 Å². The Hall–Kier alpha value is -3.40. The molecule has 0 spiro atoms. The molecule has 204 valence electrons. The lowest BCUT2D eigenvalue weighted by Crippen LogP contribution is -2.50. The number of nitrogens with zero attached hydrogens (tertiary/aromatic N) is 1. The fourth-order valence-corrected chi connectivity index (χ4v) is 5.84. The maximum atomic E-state index is 13.4. The topological polar surface area (TPSA) is 124 Å². The van der Waals surface area contributed by atoms with E-state index in [0.29, 0.717) is 36.5 Å². The summed E-state index contributed by atoms with van der Waals surface area (Å²) in [5, 5.41) is 2.35. The molecule has 4 rings (SSSR count). The van der Waals surface area contributed by atoms with Gasteiger partial charge in [-0.15, -0.1) is 0 Å². The second kappa shape index (κ2) is 11.6. The van der Waals surface area contributed by atoms with Crippen LogP contribution in [0.4, 0.5) is 0 Å². The minimum absolute atomic E-state index is 0.231. The Labute approximate surface area is 224 Å². The molecule has 1 aromatic heterocycles. The standard InChI is InChI=1S/C28H35N3O6S/c1-4-5-6-7-16-37-21-11-9-20(10-12-21)28(2)17-23(19-8-15-24(36-3)29-18-19)25(26(32)30-28)27(33)31-38(34,35)22-13-14-22/h8-12,15,18,22H,4-7,13-14,16-17H2,1-3H3,(H,30,32)(H,31,33). The van der Waals surface area contributed by atoms with Crippen molar-refractivity contribution in [3.8, 4) is 11.6 Å². The highest BCUT2D eigenvalue weighted by atomic mass is 32.2. The summed E-state index contributed by atoms with van der Waals surface area (Å²) in [6, 6.07) is 10.9. The average molecular weight is 542 g/mol. The number of pyridine rings is 1. The van der Waals surface area contributed by atoms with Gasteiger partial charge in [0.25, 0.3) is 11.8 Å². The number of benzene rings is 1. The van der Waals surface area contributed by atoms with Crippen molar-refractivity contribution in [3.05, 3.63) is 59.3 Å². The van der Waals surface area contributed by atoms with Crippen LogP contribution in [0.25, 0.3) is 5.57 Å². The van der Waals surface area contributed by atoms with Crippen LogP contribution >= 0.6 is 0 Å². The number of ether oxygens (including phenoxy) is 2. The van der Waals surface area contributed by atoms with Crippen molar-refractivity contribution in [2.45, 2.75) is 69.6 Å². The quantitative estimate of drug-likeness (QED) is 0.309. The van der Waals surface area contributed by atoms with Gasteiger partial charge < -0.3 is 14.8 Å². The molecule has 38 heavy (non-hydrogen) atoms. The number of hydrogen-bond acceptors (Lipinski definition) is 7. The van der Waals surface area contributed by atoms with Gasteiger partial charge in [-0.1, -0.05) is 38.3 Å². The molecule has 0 saturated heterocycles. The van der Waals surface area contributed by atoms with Gasteiger partial charge in [0.15, 0.2) is 0 Å². The first-order chi connectivity index (χ1) is 18.2. The van der Waals surface area contributed by atoms with Crippen LogP contribution in [0.1, 0.15) is 69.9 Å². The van der Waals surface area contributed by atoms with Crippen LogP contribution in [0.3, 0.4) is 0 Å². The molecule has 1 aromatic carbocycles. The van der Waals surface area contributed by atoms with Gasteiger partial charge in [0.05, 0.1) is 24.5 Å². The summed E-state index contributed by atoms with van der Waals surface area (Å²) in [6.45, 7) is 4.69.